The minimum Gasteiger partial charge on any atom is -0.496 e. The van der Waals surface area contributed by atoms with E-state index in [1.165, 1.54) is 7.11 Å². The first-order valence-corrected chi connectivity index (χ1v) is 8.26. The lowest BCUT2D eigenvalue weighted by Gasteiger charge is -2.21. The molecule has 0 aliphatic rings. The number of carboxylic acid groups (broad SMARTS) is 1. The number of ketones is 1. The molecular weight excluding hydrogens is 324 g/mol. The number of carbonyl (C=O) groups excluding carboxylic acids is 2. The highest BCUT2D eigenvalue weighted by Gasteiger charge is 2.26. The average Bonchev–Trinajstić information content (AvgIpc) is 2.51. The number of rotatable bonds is 10. The van der Waals surface area contributed by atoms with Gasteiger partial charge in [0.05, 0.1) is 20.1 Å². The van der Waals surface area contributed by atoms with E-state index in [0.29, 0.717) is 24.3 Å². The van der Waals surface area contributed by atoms with Crippen LogP contribution in [0.25, 0.3) is 0 Å². The third-order valence-electron chi connectivity index (χ3n) is 3.78. The smallest absolute Gasteiger partial charge is 0.306 e. The number of methoxy groups -OCH3 is 1. The van der Waals surface area contributed by atoms with Gasteiger partial charge in [0.2, 0.25) is 0 Å². The maximum absolute atomic E-state index is 12.5. The lowest BCUT2D eigenvalue weighted by atomic mass is 9.82. The van der Waals surface area contributed by atoms with Gasteiger partial charge in [0.1, 0.15) is 5.75 Å². The van der Waals surface area contributed by atoms with E-state index in [9.17, 15) is 14.4 Å². The number of esters is 1. The van der Waals surface area contributed by atoms with Gasteiger partial charge in [0.15, 0.2) is 5.78 Å². The molecule has 0 aliphatic heterocycles. The number of carboxylic acids is 1. The Labute approximate surface area is 148 Å². The molecule has 0 aromatic heterocycles. The predicted molar refractivity (Wildman–Crippen MR) is 92.9 cm³/mol. The minimum atomic E-state index is -0.928. The van der Waals surface area contributed by atoms with Crippen LogP contribution in [0.2, 0.25) is 0 Å². The Morgan fingerprint density at radius 2 is 1.84 bits per heavy atom. The third-order valence-corrected chi connectivity index (χ3v) is 3.78. The Morgan fingerprint density at radius 3 is 2.40 bits per heavy atom. The second kappa shape index (κ2) is 9.20. The Morgan fingerprint density at radius 1 is 1.16 bits per heavy atom. The molecule has 0 unspecified atom stereocenters. The van der Waals surface area contributed by atoms with E-state index >= 15 is 0 Å². The Balaban J connectivity index is 2.90. The standard InChI is InChI=1S/C19H26O6/c1-5-25-18(23)9-7-14-10-13(6-8-16(14)24-4)15(20)11-19(2,3)12-17(21)22/h6,8,10H,5,7,9,11-12H2,1-4H3,(H,21,22). The van der Waals surface area contributed by atoms with Crippen LogP contribution in [0.15, 0.2) is 18.2 Å². The van der Waals surface area contributed by atoms with E-state index in [-0.39, 0.29) is 31.0 Å². The van der Waals surface area contributed by atoms with Crippen molar-refractivity contribution in [3.63, 3.8) is 0 Å². The van der Waals surface area contributed by atoms with Crippen molar-refractivity contribution in [2.45, 2.75) is 46.5 Å². The summed E-state index contributed by atoms with van der Waals surface area (Å²) in [4.78, 5) is 34.9. The maximum atomic E-state index is 12.5. The fourth-order valence-corrected chi connectivity index (χ4v) is 2.63. The monoisotopic (exact) mass is 350 g/mol. The summed E-state index contributed by atoms with van der Waals surface area (Å²) in [6, 6.07) is 5.06. The van der Waals surface area contributed by atoms with E-state index in [2.05, 4.69) is 0 Å². The molecule has 25 heavy (non-hydrogen) atoms. The second-order valence-corrected chi connectivity index (χ2v) is 6.67. The molecule has 6 nitrogen and oxygen atoms in total. The molecule has 0 bridgehead atoms. The van der Waals surface area contributed by atoms with Crippen molar-refractivity contribution < 1.29 is 29.0 Å². The first-order chi connectivity index (χ1) is 11.7. The zero-order valence-electron chi connectivity index (χ0n) is 15.3. The van der Waals surface area contributed by atoms with Crippen molar-refractivity contribution in [3.8, 4) is 5.75 Å². The molecule has 1 rings (SSSR count). The molecule has 0 heterocycles. The van der Waals surface area contributed by atoms with Gasteiger partial charge in [-0.1, -0.05) is 13.8 Å². The van der Waals surface area contributed by atoms with E-state index in [0.717, 1.165) is 5.56 Å². The number of ether oxygens (including phenoxy) is 2. The Hall–Kier alpha value is -2.37. The highest BCUT2D eigenvalue weighted by molar-refractivity contribution is 5.97. The summed E-state index contributed by atoms with van der Waals surface area (Å²) in [6.07, 6.45) is 0.654. The fourth-order valence-electron chi connectivity index (χ4n) is 2.63. The molecule has 1 aromatic rings. The topological polar surface area (TPSA) is 89.9 Å². The zero-order chi connectivity index (χ0) is 19.0. The number of aryl methyl sites for hydroxylation is 1. The molecule has 6 heteroatoms. The van der Waals surface area contributed by atoms with Gasteiger partial charge < -0.3 is 14.6 Å². The molecule has 0 amide bonds. The summed E-state index contributed by atoms with van der Waals surface area (Å²) in [7, 11) is 1.53. The summed E-state index contributed by atoms with van der Waals surface area (Å²) < 4.78 is 10.2. The minimum absolute atomic E-state index is 0.0788. The highest BCUT2D eigenvalue weighted by atomic mass is 16.5. The molecular formula is C19H26O6. The van der Waals surface area contributed by atoms with Gasteiger partial charge in [-0.3, -0.25) is 14.4 Å². The van der Waals surface area contributed by atoms with Crippen LogP contribution in [0, 0.1) is 5.41 Å². The maximum Gasteiger partial charge on any atom is 0.306 e. The quantitative estimate of drug-likeness (QED) is 0.514. The molecule has 0 aliphatic carbocycles. The van der Waals surface area contributed by atoms with Crippen molar-refractivity contribution in [2.75, 3.05) is 13.7 Å². The van der Waals surface area contributed by atoms with Gasteiger partial charge in [-0.25, -0.2) is 0 Å². The SMILES string of the molecule is CCOC(=O)CCc1cc(C(=O)CC(C)(C)CC(=O)O)ccc1OC. The zero-order valence-corrected chi connectivity index (χ0v) is 15.3. The average molecular weight is 350 g/mol. The van der Waals surface area contributed by atoms with Crippen molar-refractivity contribution in [3.05, 3.63) is 29.3 Å². The molecule has 1 N–H and O–H groups in total. The van der Waals surface area contributed by atoms with Gasteiger partial charge in [-0.05, 0) is 42.5 Å². The van der Waals surface area contributed by atoms with Crippen LogP contribution >= 0.6 is 0 Å². The first-order valence-electron chi connectivity index (χ1n) is 8.26. The van der Waals surface area contributed by atoms with E-state index < -0.39 is 11.4 Å². The van der Waals surface area contributed by atoms with Crippen molar-refractivity contribution >= 4 is 17.7 Å². The Bertz CT molecular complexity index is 633. The van der Waals surface area contributed by atoms with Crippen LogP contribution < -0.4 is 4.74 Å². The van der Waals surface area contributed by atoms with Gasteiger partial charge in [-0.15, -0.1) is 0 Å². The van der Waals surface area contributed by atoms with E-state index in [4.69, 9.17) is 14.6 Å². The van der Waals surface area contributed by atoms with E-state index in [1.807, 2.05) is 0 Å². The van der Waals surface area contributed by atoms with Gasteiger partial charge >= 0.3 is 11.9 Å². The number of benzene rings is 1. The fraction of sp³-hybridized carbons (Fsp3) is 0.526. The number of carbonyl (C=O) groups is 3. The van der Waals surface area contributed by atoms with Crippen molar-refractivity contribution in [1.29, 1.82) is 0 Å². The van der Waals surface area contributed by atoms with Gasteiger partial charge in [0.25, 0.3) is 0 Å². The molecule has 0 saturated heterocycles. The number of hydrogen-bond acceptors (Lipinski definition) is 5. The lowest BCUT2D eigenvalue weighted by molar-refractivity contribution is -0.143. The summed E-state index contributed by atoms with van der Waals surface area (Å²) in [6.45, 7) is 5.58. The highest BCUT2D eigenvalue weighted by Crippen LogP contribution is 2.29. The molecule has 0 radical (unpaired) electrons. The van der Waals surface area contributed by atoms with Crippen LogP contribution in [0.5, 0.6) is 5.75 Å². The van der Waals surface area contributed by atoms with Crippen LogP contribution in [0.3, 0.4) is 0 Å². The molecule has 1 aromatic carbocycles. The number of hydrogen-bond donors (Lipinski definition) is 1. The lowest BCUT2D eigenvalue weighted by Crippen LogP contribution is -2.21. The summed E-state index contributed by atoms with van der Waals surface area (Å²) in [5.41, 5.74) is 0.601. The van der Waals surface area contributed by atoms with E-state index in [1.54, 1.807) is 39.0 Å². The molecule has 0 spiro atoms. The molecule has 0 atom stereocenters. The first kappa shape index (κ1) is 20.7. The third kappa shape index (κ3) is 6.95. The summed E-state index contributed by atoms with van der Waals surface area (Å²) >= 11 is 0. The van der Waals surface area contributed by atoms with Crippen LogP contribution in [0.4, 0.5) is 0 Å². The summed E-state index contributed by atoms with van der Waals surface area (Å²) in [5.74, 6) is -0.761. The summed E-state index contributed by atoms with van der Waals surface area (Å²) in [5, 5.41) is 8.94. The number of aliphatic carboxylic acids is 1. The van der Waals surface area contributed by atoms with Crippen LogP contribution in [-0.2, 0) is 20.7 Å². The van der Waals surface area contributed by atoms with Crippen molar-refractivity contribution in [2.24, 2.45) is 5.41 Å². The van der Waals surface area contributed by atoms with Crippen LogP contribution in [-0.4, -0.2) is 36.5 Å². The second-order valence-electron chi connectivity index (χ2n) is 6.67. The molecule has 0 fully saturated rings. The van der Waals surface area contributed by atoms with Crippen LogP contribution in [0.1, 0.15) is 56.0 Å². The largest absolute Gasteiger partial charge is 0.496 e. The normalized spacial score (nSPS) is 11.0. The molecule has 138 valence electrons. The molecule has 0 saturated carbocycles. The van der Waals surface area contributed by atoms with Gasteiger partial charge in [-0.2, -0.15) is 0 Å². The van der Waals surface area contributed by atoms with Crippen molar-refractivity contribution in [1.82, 2.24) is 0 Å². The number of Topliss-reactive ketones (excluding diaryl/α,β-unsaturated/α-hetero) is 1. The predicted octanol–water partition coefficient (Wildman–Crippen LogP) is 3.26. The Kier molecular flexibility index (Phi) is 7.61. The van der Waals surface area contributed by atoms with Gasteiger partial charge in [0, 0.05) is 18.4 Å².